The van der Waals surface area contributed by atoms with Crippen LogP contribution in [0.25, 0.3) is 11.5 Å². The van der Waals surface area contributed by atoms with Crippen molar-refractivity contribution in [2.24, 2.45) is 0 Å². The van der Waals surface area contributed by atoms with E-state index in [9.17, 15) is 0 Å². The Morgan fingerprint density at radius 2 is 1.86 bits per heavy atom. The zero-order valence-electron chi connectivity index (χ0n) is 8.40. The van der Waals surface area contributed by atoms with Crippen molar-refractivity contribution in [2.75, 3.05) is 0 Å². The summed E-state index contributed by atoms with van der Waals surface area (Å²) in [7, 11) is 0. The summed E-state index contributed by atoms with van der Waals surface area (Å²) in [6.45, 7) is 4.21. The Bertz CT molecular complexity index is 403. The maximum Gasteiger partial charge on any atom is 0.226 e. The minimum atomic E-state index is 0.413. The van der Waals surface area contributed by atoms with Gasteiger partial charge in [-0.2, -0.15) is 0 Å². The van der Waals surface area contributed by atoms with Crippen LogP contribution in [0.4, 0.5) is 0 Å². The number of hydrogen-bond acceptors (Lipinski definition) is 2. The summed E-state index contributed by atoms with van der Waals surface area (Å²) in [5, 5.41) is 0. The van der Waals surface area contributed by atoms with E-state index in [0.717, 1.165) is 11.3 Å². The van der Waals surface area contributed by atoms with Crippen LogP contribution in [0.15, 0.2) is 41.0 Å². The van der Waals surface area contributed by atoms with Crippen molar-refractivity contribution in [3.8, 4) is 11.5 Å². The van der Waals surface area contributed by atoms with Gasteiger partial charge in [-0.15, -0.1) is 0 Å². The van der Waals surface area contributed by atoms with Gasteiger partial charge in [-0.1, -0.05) is 32.0 Å². The SMILES string of the molecule is CC(C)c1coc(-c2ccccc2)n1. The molecule has 1 aromatic heterocycles. The molecule has 2 rings (SSSR count). The quantitative estimate of drug-likeness (QED) is 0.719. The second-order valence-electron chi connectivity index (χ2n) is 3.60. The molecule has 0 aliphatic carbocycles. The van der Waals surface area contributed by atoms with E-state index in [0.29, 0.717) is 11.8 Å². The molecule has 2 nitrogen and oxygen atoms in total. The van der Waals surface area contributed by atoms with Crippen LogP contribution < -0.4 is 0 Å². The van der Waals surface area contributed by atoms with E-state index < -0.39 is 0 Å². The Morgan fingerprint density at radius 3 is 2.43 bits per heavy atom. The third-order valence-electron chi connectivity index (χ3n) is 2.13. The van der Waals surface area contributed by atoms with Crippen LogP contribution >= 0.6 is 0 Å². The first-order valence-electron chi connectivity index (χ1n) is 4.78. The number of nitrogens with zero attached hydrogens (tertiary/aromatic N) is 1. The second-order valence-corrected chi connectivity index (χ2v) is 3.60. The molecule has 0 bridgehead atoms. The first-order valence-corrected chi connectivity index (χ1v) is 4.78. The first kappa shape index (κ1) is 9.00. The van der Waals surface area contributed by atoms with Crippen LogP contribution in [-0.4, -0.2) is 4.98 Å². The van der Waals surface area contributed by atoms with Gasteiger partial charge in [0.2, 0.25) is 5.89 Å². The Kier molecular flexibility index (Phi) is 2.35. The zero-order valence-corrected chi connectivity index (χ0v) is 8.40. The van der Waals surface area contributed by atoms with Crippen molar-refractivity contribution in [3.63, 3.8) is 0 Å². The molecule has 0 N–H and O–H groups in total. The Morgan fingerprint density at radius 1 is 1.14 bits per heavy atom. The number of benzene rings is 1. The van der Waals surface area contributed by atoms with Crippen molar-refractivity contribution in [1.29, 1.82) is 0 Å². The fourth-order valence-corrected chi connectivity index (χ4v) is 1.26. The van der Waals surface area contributed by atoms with Crippen LogP contribution in [-0.2, 0) is 0 Å². The summed E-state index contributed by atoms with van der Waals surface area (Å²) in [6, 6.07) is 9.94. The van der Waals surface area contributed by atoms with Gasteiger partial charge in [0.05, 0.1) is 5.69 Å². The molecule has 2 heteroatoms. The van der Waals surface area contributed by atoms with Gasteiger partial charge in [-0.3, -0.25) is 0 Å². The molecule has 0 radical (unpaired) electrons. The minimum Gasteiger partial charge on any atom is -0.444 e. The van der Waals surface area contributed by atoms with E-state index in [1.54, 1.807) is 6.26 Å². The summed E-state index contributed by atoms with van der Waals surface area (Å²) in [5.74, 6) is 1.12. The second kappa shape index (κ2) is 3.66. The largest absolute Gasteiger partial charge is 0.444 e. The van der Waals surface area contributed by atoms with Crippen molar-refractivity contribution < 1.29 is 4.42 Å². The topological polar surface area (TPSA) is 26.0 Å². The van der Waals surface area contributed by atoms with Gasteiger partial charge in [0, 0.05) is 5.56 Å². The summed E-state index contributed by atoms with van der Waals surface area (Å²) >= 11 is 0. The smallest absolute Gasteiger partial charge is 0.226 e. The third-order valence-corrected chi connectivity index (χ3v) is 2.13. The average molecular weight is 187 g/mol. The van der Waals surface area contributed by atoms with Gasteiger partial charge in [0.15, 0.2) is 0 Å². The van der Waals surface area contributed by atoms with Crippen molar-refractivity contribution in [1.82, 2.24) is 4.98 Å². The van der Waals surface area contributed by atoms with Gasteiger partial charge >= 0.3 is 0 Å². The molecule has 0 unspecified atom stereocenters. The average Bonchev–Trinajstić information content (AvgIpc) is 2.68. The van der Waals surface area contributed by atoms with Gasteiger partial charge in [-0.05, 0) is 18.1 Å². The summed E-state index contributed by atoms with van der Waals surface area (Å²) in [6.07, 6.45) is 1.73. The molecular formula is C12H13NO. The van der Waals surface area contributed by atoms with Crippen LogP contribution in [0.3, 0.4) is 0 Å². The molecule has 0 amide bonds. The first-order chi connectivity index (χ1) is 6.77. The van der Waals surface area contributed by atoms with Gasteiger partial charge in [0.1, 0.15) is 6.26 Å². The third kappa shape index (κ3) is 1.69. The van der Waals surface area contributed by atoms with Crippen molar-refractivity contribution in [2.45, 2.75) is 19.8 Å². The number of hydrogen-bond donors (Lipinski definition) is 0. The lowest BCUT2D eigenvalue weighted by Crippen LogP contribution is -1.86. The van der Waals surface area contributed by atoms with Crippen molar-refractivity contribution in [3.05, 3.63) is 42.3 Å². The highest BCUT2D eigenvalue weighted by Crippen LogP contribution is 2.21. The predicted octanol–water partition coefficient (Wildman–Crippen LogP) is 3.47. The maximum atomic E-state index is 5.40. The summed E-state index contributed by atoms with van der Waals surface area (Å²) in [4.78, 5) is 4.41. The molecule has 0 fully saturated rings. The minimum absolute atomic E-state index is 0.413. The van der Waals surface area contributed by atoms with E-state index in [1.807, 2.05) is 30.3 Å². The highest BCUT2D eigenvalue weighted by Gasteiger charge is 2.08. The van der Waals surface area contributed by atoms with E-state index in [-0.39, 0.29) is 0 Å². The van der Waals surface area contributed by atoms with E-state index in [2.05, 4.69) is 18.8 Å². The molecule has 0 spiro atoms. The number of rotatable bonds is 2. The fourth-order valence-electron chi connectivity index (χ4n) is 1.26. The Labute approximate surface area is 83.6 Å². The van der Waals surface area contributed by atoms with Crippen LogP contribution in [0, 0.1) is 0 Å². The van der Waals surface area contributed by atoms with Crippen LogP contribution in [0.5, 0.6) is 0 Å². The molecule has 0 aliphatic rings. The standard InChI is InChI=1S/C12H13NO/c1-9(2)11-8-14-12(13-11)10-6-4-3-5-7-10/h3-9H,1-2H3. The lowest BCUT2D eigenvalue weighted by Gasteiger charge is -1.95. The van der Waals surface area contributed by atoms with Crippen molar-refractivity contribution >= 4 is 0 Å². The molecule has 14 heavy (non-hydrogen) atoms. The van der Waals surface area contributed by atoms with Gasteiger partial charge < -0.3 is 4.42 Å². The van der Waals surface area contributed by atoms with E-state index >= 15 is 0 Å². The van der Waals surface area contributed by atoms with E-state index in [4.69, 9.17) is 4.42 Å². The molecule has 0 saturated carbocycles. The lowest BCUT2D eigenvalue weighted by atomic mass is 10.1. The molecule has 0 atom stereocenters. The van der Waals surface area contributed by atoms with Crippen LogP contribution in [0.2, 0.25) is 0 Å². The fraction of sp³-hybridized carbons (Fsp3) is 0.250. The molecule has 0 aliphatic heterocycles. The normalized spacial score (nSPS) is 10.8. The molecule has 2 aromatic rings. The Balaban J connectivity index is 2.34. The molecular weight excluding hydrogens is 174 g/mol. The summed E-state index contributed by atoms with van der Waals surface area (Å²) in [5.41, 5.74) is 2.03. The monoisotopic (exact) mass is 187 g/mol. The highest BCUT2D eigenvalue weighted by atomic mass is 16.3. The summed E-state index contributed by atoms with van der Waals surface area (Å²) < 4.78 is 5.40. The maximum absolute atomic E-state index is 5.40. The van der Waals surface area contributed by atoms with Crippen LogP contribution in [0.1, 0.15) is 25.5 Å². The molecule has 1 aromatic carbocycles. The Hall–Kier alpha value is -1.57. The predicted molar refractivity (Wildman–Crippen MR) is 56.0 cm³/mol. The molecule has 72 valence electrons. The molecule has 0 saturated heterocycles. The zero-order chi connectivity index (χ0) is 9.97. The lowest BCUT2D eigenvalue weighted by molar-refractivity contribution is 0.571. The van der Waals surface area contributed by atoms with E-state index in [1.165, 1.54) is 0 Å². The molecule has 1 heterocycles. The van der Waals surface area contributed by atoms with Gasteiger partial charge in [-0.25, -0.2) is 4.98 Å². The highest BCUT2D eigenvalue weighted by molar-refractivity contribution is 5.52. The number of aromatic nitrogens is 1. The van der Waals surface area contributed by atoms with Gasteiger partial charge in [0.25, 0.3) is 0 Å². The number of oxazole rings is 1.